The Morgan fingerprint density at radius 1 is 1.50 bits per heavy atom. The van der Waals surface area contributed by atoms with E-state index in [1.54, 1.807) is 18.3 Å². The maximum Gasteiger partial charge on any atom is 0.0573 e. The molecule has 4 nitrogen and oxygen atoms in total. The zero-order valence-corrected chi connectivity index (χ0v) is 6.77. The van der Waals surface area contributed by atoms with Crippen molar-refractivity contribution < 1.29 is 5.11 Å². The molecule has 0 saturated carbocycles. The number of nitrogens with zero attached hydrogens (tertiary/aromatic N) is 1. The first kappa shape index (κ1) is 8.96. The molecule has 1 aromatic heterocycles. The SMILES string of the molecule is Nc1ccc(C(N)CCO)nc1. The van der Waals surface area contributed by atoms with Crippen LogP contribution in [0.1, 0.15) is 18.2 Å². The van der Waals surface area contributed by atoms with Gasteiger partial charge in [-0.25, -0.2) is 0 Å². The number of pyridine rings is 1. The number of aliphatic hydroxyl groups excluding tert-OH is 1. The molecule has 66 valence electrons. The van der Waals surface area contributed by atoms with Crippen LogP contribution in [0.5, 0.6) is 0 Å². The van der Waals surface area contributed by atoms with Crippen LogP contribution < -0.4 is 11.5 Å². The first-order valence-electron chi connectivity index (χ1n) is 3.82. The molecule has 1 unspecified atom stereocenters. The normalized spacial score (nSPS) is 12.8. The summed E-state index contributed by atoms with van der Waals surface area (Å²) in [5, 5.41) is 8.62. The molecule has 0 aliphatic heterocycles. The summed E-state index contributed by atoms with van der Waals surface area (Å²) >= 11 is 0. The summed E-state index contributed by atoms with van der Waals surface area (Å²) in [5.41, 5.74) is 12.5. The lowest BCUT2D eigenvalue weighted by atomic mass is 10.1. The monoisotopic (exact) mass is 167 g/mol. The lowest BCUT2D eigenvalue weighted by Crippen LogP contribution is -2.13. The van der Waals surface area contributed by atoms with Crippen molar-refractivity contribution in [2.75, 3.05) is 12.3 Å². The lowest BCUT2D eigenvalue weighted by Gasteiger charge is -2.08. The van der Waals surface area contributed by atoms with E-state index in [2.05, 4.69) is 4.98 Å². The van der Waals surface area contributed by atoms with Crippen molar-refractivity contribution >= 4 is 5.69 Å². The Bertz CT molecular complexity index is 235. The fourth-order valence-electron chi connectivity index (χ4n) is 0.923. The quantitative estimate of drug-likeness (QED) is 0.593. The van der Waals surface area contributed by atoms with E-state index in [4.69, 9.17) is 16.6 Å². The minimum Gasteiger partial charge on any atom is -0.397 e. The molecular formula is C8H13N3O. The van der Waals surface area contributed by atoms with Crippen LogP contribution in [0.15, 0.2) is 18.3 Å². The van der Waals surface area contributed by atoms with Crippen LogP contribution in [0.25, 0.3) is 0 Å². The number of rotatable bonds is 3. The van der Waals surface area contributed by atoms with Crippen molar-refractivity contribution in [3.63, 3.8) is 0 Å². The van der Waals surface area contributed by atoms with E-state index in [0.29, 0.717) is 12.1 Å². The summed E-state index contributed by atoms with van der Waals surface area (Å²) in [6.45, 7) is 0.0766. The molecule has 1 rings (SSSR count). The van der Waals surface area contributed by atoms with Crippen molar-refractivity contribution in [3.8, 4) is 0 Å². The highest BCUT2D eigenvalue weighted by molar-refractivity contribution is 5.34. The number of hydrogen-bond donors (Lipinski definition) is 3. The minimum absolute atomic E-state index is 0.0766. The molecule has 5 N–H and O–H groups in total. The lowest BCUT2D eigenvalue weighted by molar-refractivity contribution is 0.275. The average molecular weight is 167 g/mol. The molecule has 12 heavy (non-hydrogen) atoms. The van der Waals surface area contributed by atoms with Gasteiger partial charge in [-0.1, -0.05) is 0 Å². The number of hydrogen-bond acceptors (Lipinski definition) is 4. The first-order valence-corrected chi connectivity index (χ1v) is 3.82. The van der Waals surface area contributed by atoms with Gasteiger partial charge in [0.2, 0.25) is 0 Å². The van der Waals surface area contributed by atoms with Crippen LogP contribution in [-0.2, 0) is 0 Å². The maximum absolute atomic E-state index is 8.62. The molecule has 0 spiro atoms. The van der Waals surface area contributed by atoms with Gasteiger partial charge in [-0.3, -0.25) is 4.98 Å². The fourth-order valence-corrected chi connectivity index (χ4v) is 0.923. The second-order valence-electron chi connectivity index (χ2n) is 2.64. The Morgan fingerprint density at radius 3 is 2.75 bits per heavy atom. The molecule has 0 saturated heterocycles. The minimum atomic E-state index is -0.199. The summed E-state index contributed by atoms with van der Waals surface area (Å²) < 4.78 is 0. The Hall–Kier alpha value is -1.13. The van der Waals surface area contributed by atoms with Gasteiger partial charge in [0.25, 0.3) is 0 Å². The zero-order chi connectivity index (χ0) is 8.97. The second kappa shape index (κ2) is 4.04. The Balaban J connectivity index is 2.68. The van der Waals surface area contributed by atoms with Gasteiger partial charge in [0.1, 0.15) is 0 Å². The maximum atomic E-state index is 8.62. The predicted octanol–water partition coefficient (Wildman–Crippen LogP) is 0.0460. The van der Waals surface area contributed by atoms with Gasteiger partial charge in [0, 0.05) is 12.6 Å². The highest BCUT2D eigenvalue weighted by Crippen LogP contribution is 2.11. The molecule has 1 atom stereocenters. The number of anilines is 1. The highest BCUT2D eigenvalue weighted by atomic mass is 16.3. The van der Waals surface area contributed by atoms with Gasteiger partial charge in [0.05, 0.1) is 17.6 Å². The Kier molecular flexibility index (Phi) is 3.01. The van der Waals surface area contributed by atoms with Crippen LogP contribution in [0.3, 0.4) is 0 Å². The topological polar surface area (TPSA) is 85.2 Å². The molecule has 1 aromatic rings. The molecule has 0 aliphatic rings. The average Bonchev–Trinajstić information content (AvgIpc) is 2.06. The van der Waals surface area contributed by atoms with Gasteiger partial charge >= 0.3 is 0 Å². The molecule has 0 fully saturated rings. The van der Waals surface area contributed by atoms with E-state index in [1.807, 2.05) is 0 Å². The van der Waals surface area contributed by atoms with Gasteiger partial charge < -0.3 is 16.6 Å². The summed E-state index contributed by atoms with van der Waals surface area (Å²) in [6.07, 6.45) is 2.09. The summed E-state index contributed by atoms with van der Waals surface area (Å²) in [7, 11) is 0. The molecule has 0 bridgehead atoms. The molecule has 0 amide bonds. The Morgan fingerprint density at radius 2 is 2.25 bits per heavy atom. The fraction of sp³-hybridized carbons (Fsp3) is 0.375. The standard InChI is InChI=1S/C8H13N3O/c9-6-1-2-8(11-5-6)7(10)3-4-12/h1-2,5,7,12H,3-4,9-10H2. The van der Waals surface area contributed by atoms with Crippen LogP contribution >= 0.6 is 0 Å². The van der Waals surface area contributed by atoms with Crippen molar-refractivity contribution in [1.82, 2.24) is 4.98 Å². The Labute approximate surface area is 71.2 Å². The summed E-state index contributed by atoms with van der Waals surface area (Å²) in [4.78, 5) is 4.04. The van der Waals surface area contributed by atoms with E-state index in [-0.39, 0.29) is 12.6 Å². The summed E-state index contributed by atoms with van der Waals surface area (Å²) in [6, 6.07) is 3.32. The largest absolute Gasteiger partial charge is 0.397 e. The van der Waals surface area contributed by atoms with E-state index in [0.717, 1.165) is 5.69 Å². The van der Waals surface area contributed by atoms with E-state index >= 15 is 0 Å². The van der Waals surface area contributed by atoms with E-state index in [1.165, 1.54) is 0 Å². The second-order valence-corrected chi connectivity index (χ2v) is 2.64. The van der Waals surface area contributed by atoms with Crippen LogP contribution in [0.4, 0.5) is 5.69 Å². The van der Waals surface area contributed by atoms with Gasteiger partial charge in [-0.2, -0.15) is 0 Å². The third-order valence-corrected chi connectivity index (χ3v) is 1.63. The third kappa shape index (κ3) is 2.18. The van der Waals surface area contributed by atoms with Crippen LogP contribution in [-0.4, -0.2) is 16.7 Å². The van der Waals surface area contributed by atoms with Crippen molar-refractivity contribution in [2.24, 2.45) is 5.73 Å². The van der Waals surface area contributed by atoms with Crippen molar-refractivity contribution in [1.29, 1.82) is 0 Å². The molecule has 0 aliphatic carbocycles. The van der Waals surface area contributed by atoms with E-state index < -0.39 is 0 Å². The number of nitrogen functional groups attached to an aromatic ring is 1. The highest BCUT2D eigenvalue weighted by Gasteiger charge is 2.05. The first-order chi connectivity index (χ1) is 5.74. The zero-order valence-electron chi connectivity index (χ0n) is 6.77. The van der Waals surface area contributed by atoms with Gasteiger partial charge in [0.15, 0.2) is 0 Å². The smallest absolute Gasteiger partial charge is 0.0573 e. The van der Waals surface area contributed by atoms with Gasteiger partial charge in [-0.05, 0) is 18.6 Å². The van der Waals surface area contributed by atoms with Gasteiger partial charge in [-0.15, -0.1) is 0 Å². The molecule has 0 radical (unpaired) electrons. The van der Waals surface area contributed by atoms with Crippen LogP contribution in [0.2, 0.25) is 0 Å². The molecule has 0 aromatic carbocycles. The number of aliphatic hydroxyl groups is 1. The number of aromatic nitrogens is 1. The number of nitrogens with two attached hydrogens (primary N) is 2. The summed E-state index contributed by atoms with van der Waals surface area (Å²) in [5.74, 6) is 0. The predicted molar refractivity (Wildman–Crippen MR) is 47.3 cm³/mol. The molecule has 1 heterocycles. The molecule has 4 heteroatoms. The van der Waals surface area contributed by atoms with Crippen molar-refractivity contribution in [3.05, 3.63) is 24.0 Å². The van der Waals surface area contributed by atoms with E-state index in [9.17, 15) is 0 Å². The third-order valence-electron chi connectivity index (χ3n) is 1.63. The van der Waals surface area contributed by atoms with Crippen molar-refractivity contribution in [2.45, 2.75) is 12.5 Å². The molecular weight excluding hydrogens is 154 g/mol. The van der Waals surface area contributed by atoms with Crippen LogP contribution in [0, 0.1) is 0 Å².